The number of hydrogen-bond donors (Lipinski definition) is 2. The van der Waals surface area contributed by atoms with Crippen molar-refractivity contribution >= 4 is 29.2 Å². The van der Waals surface area contributed by atoms with Gasteiger partial charge in [-0.15, -0.1) is 0 Å². The maximum Gasteiger partial charge on any atom is 0.191 e. The van der Waals surface area contributed by atoms with Crippen LogP contribution in [0.15, 0.2) is 35.3 Å². The number of aliphatic imine (C=N–C) groups is 1. The molecule has 1 aliphatic heterocycles. The second-order valence-electron chi connectivity index (χ2n) is 7.06. The summed E-state index contributed by atoms with van der Waals surface area (Å²) in [5.74, 6) is 0.710. The van der Waals surface area contributed by atoms with E-state index in [9.17, 15) is 0 Å². The van der Waals surface area contributed by atoms with Gasteiger partial charge in [0.05, 0.1) is 24.3 Å². The molecule has 0 aliphatic carbocycles. The predicted molar refractivity (Wildman–Crippen MR) is 118 cm³/mol. The van der Waals surface area contributed by atoms with Crippen LogP contribution >= 0.6 is 23.2 Å². The van der Waals surface area contributed by atoms with E-state index in [2.05, 4.69) is 39.9 Å². The lowest BCUT2D eigenvalue weighted by Gasteiger charge is -2.22. The minimum absolute atomic E-state index is 0.299. The van der Waals surface area contributed by atoms with Gasteiger partial charge in [0.1, 0.15) is 5.15 Å². The molecule has 6 nitrogen and oxygen atoms in total. The summed E-state index contributed by atoms with van der Waals surface area (Å²) < 4.78 is 13.3. The van der Waals surface area contributed by atoms with E-state index in [0.717, 1.165) is 31.7 Å². The quantitative estimate of drug-likeness (QED) is 0.508. The van der Waals surface area contributed by atoms with Crippen LogP contribution in [0.2, 0.25) is 10.2 Å². The molecule has 158 valence electrons. The van der Waals surface area contributed by atoms with Crippen molar-refractivity contribution in [1.82, 2.24) is 15.2 Å². The lowest BCUT2D eigenvalue weighted by molar-refractivity contribution is -0.0390. The summed E-state index contributed by atoms with van der Waals surface area (Å²) in [6, 6.07) is 10.3. The maximum absolute atomic E-state index is 6.12. The SMILES string of the molecule is CN=C(NCc1cccc(COC2CCOCC2)c1)NCc1cc(Cl)c(Cl)n1C. The first-order valence-corrected chi connectivity index (χ1v) is 10.5. The molecule has 0 atom stereocenters. The monoisotopic (exact) mass is 438 g/mol. The third-order valence-corrected chi connectivity index (χ3v) is 5.82. The van der Waals surface area contributed by atoms with E-state index in [4.69, 9.17) is 32.7 Å². The topological polar surface area (TPSA) is 59.8 Å². The molecule has 8 heteroatoms. The van der Waals surface area contributed by atoms with Crippen molar-refractivity contribution in [2.45, 2.75) is 38.6 Å². The number of guanidine groups is 1. The molecule has 0 bridgehead atoms. The molecule has 0 unspecified atom stereocenters. The van der Waals surface area contributed by atoms with Crippen LogP contribution in [0.3, 0.4) is 0 Å². The minimum Gasteiger partial charge on any atom is -0.381 e. The van der Waals surface area contributed by atoms with Crippen LogP contribution < -0.4 is 10.6 Å². The van der Waals surface area contributed by atoms with Crippen LogP contribution in [0.4, 0.5) is 0 Å². The zero-order valence-electron chi connectivity index (χ0n) is 16.9. The normalized spacial score (nSPS) is 15.5. The first-order valence-electron chi connectivity index (χ1n) is 9.78. The van der Waals surface area contributed by atoms with E-state index in [1.54, 1.807) is 7.05 Å². The molecule has 1 saturated heterocycles. The molecule has 1 aromatic heterocycles. The van der Waals surface area contributed by atoms with E-state index in [1.165, 1.54) is 11.1 Å². The van der Waals surface area contributed by atoms with Gasteiger partial charge in [-0.3, -0.25) is 4.99 Å². The maximum atomic E-state index is 6.12. The van der Waals surface area contributed by atoms with Gasteiger partial charge in [0.15, 0.2) is 5.96 Å². The molecule has 2 heterocycles. The third-order valence-electron chi connectivity index (χ3n) is 4.98. The first-order chi connectivity index (χ1) is 14.1. The number of nitrogens with one attached hydrogen (secondary N) is 2. The van der Waals surface area contributed by atoms with Gasteiger partial charge >= 0.3 is 0 Å². The Morgan fingerprint density at radius 2 is 1.90 bits per heavy atom. The molecular formula is C21H28Cl2N4O2. The van der Waals surface area contributed by atoms with Crippen LogP contribution in [0, 0.1) is 0 Å². The largest absolute Gasteiger partial charge is 0.381 e. The molecule has 1 aromatic carbocycles. The summed E-state index contributed by atoms with van der Waals surface area (Å²) in [5.41, 5.74) is 3.33. The van der Waals surface area contributed by atoms with E-state index in [1.807, 2.05) is 17.7 Å². The first kappa shape index (κ1) is 22.0. The van der Waals surface area contributed by atoms with Gasteiger partial charge in [-0.05, 0) is 30.0 Å². The van der Waals surface area contributed by atoms with Crippen molar-refractivity contribution in [3.05, 3.63) is 57.3 Å². The van der Waals surface area contributed by atoms with Crippen LogP contribution in [0.5, 0.6) is 0 Å². The Kier molecular flexibility index (Phi) is 8.24. The van der Waals surface area contributed by atoms with E-state index in [0.29, 0.717) is 41.9 Å². The highest BCUT2D eigenvalue weighted by molar-refractivity contribution is 6.41. The predicted octanol–water partition coefficient (Wildman–Crippen LogP) is 3.89. The van der Waals surface area contributed by atoms with Crippen LogP contribution in [0.1, 0.15) is 29.7 Å². The average molecular weight is 439 g/mol. The van der Waals surface area contributed by atoms with Crippen molar-refractivity contribution < 1.29 is 9.47 Å². The van der Waals surface area contributed by atoms with Crippen LogP contribution in [0.25, 0.3) is 0 Å². The van der Waals surface area contributed by atoms with Crippen molar-refractivity contribution in [3.63, 3.8) is 0 Å². The van der Waals surface area contributed by atoms with E-state index in [-0.39, 0.29) is 0 Å². The highest BCUT2D eigenvalue weighted by Gasteiger charge is 2.14. The van der Waals surface area contributed by atoms with Gasteiger partial charge in [-0.1, -0.05) is 47.5 Å². The van der Waals surface area contributed by atoms with Crippen LogP contribution in [-0.4, -0.2) is 36.9 Å². The zero-order chi connectivity index (χ0) is 20.6. The summed E-state index contributed by atoms with van der Waals surface area (Å²) in [4.78, 5) is 4.28. The molecule has 0 saturated carbocycles. The molecule has 2 aromatic rings. The molecule has 0 spiro atoms. The number of ether oxygens (including phenoxy) is 2. The molecule has 2 N–H and O–H groups in total. The summed E-state index contributed by atoms with van der Waals surface area (Å²) >= 11 is 12.2. The summed E-state index contributed by atoms with van der Waals surface area (Å²) in [6.45, 7) is 3.45. The number of aromatic nitrogens is 1. The molecule has 1 aliphatic rings. The number of halogens is 2. The number of nitrogens with zero attached hydrogens (tertiary/aromatic N) is 2. The van der Waals surface area contributed by atoms with E-state index < -0.39 is 0 Å². The van der Waals surface area contributed by atoms with Gasteiger partial charge < -0.3 is 24.7 Å². The van der Waals surface area contributed by atoms with Crippen LogP contribution in [-0.2, 0) is 36.2 Å². The molecule has 29 heavy (non-hydrogen) atoms. The Hall–Kier alpha value is -1.73. The van der Waals surface area contributed by atoms with Crippen molar-refractivity contribution in [2.24, 2.45) is 12.0 Å². The average Bonchev–Trinajstić information content (AvgIpc) is 3.00. The highest BCUT2D eigenvalue weighted by atomic mass is 35.5. The van der Waals surface area contributed by atoms with Gasteiger partial charge in [-0.25, -0.2) is 0 Å². The smallest absolute Gasteiger partial charge is 0.191 e. The lowest BCUT2D eigenvalue weighted by atomic mass is 10.1. The lowest BCUT2D eigenvalue weighted by Crippen LogP contribution is -2.36. The van der Waals surface area contributed by atoms with Crippen molar-refractivity contribution in [3.8, 4) is 0 Å². The fourth-order valence-corrected chi connectivity index (χ4v) is 3.64. The summed E-state index contributed by atoms with van der Waals surface area (Å²) in [7, 11) is 3.63. The molecule has 3 rings (SSSR count). The fourth-order valence-electron chi connectivity index (χ4n) is 3.23. The van der Waals surface area contributed by atoms with Gasteiger partial charge in [0.2, 0.25) is 0 Å². The third kappa shape index (κ3) is 6.37. The molecule has 0 amide bonds. The number of benzene rings is 1. The number of rotatable bonds is 7. The Balaban J connectivity index is 1.48. The fraction of sp³-hybridized carbons (Fsp3) is 0.476. The van der Waals surface area contributed by atoms with E-state index >= 15 is 0 Å². The number of hydrogen-bond acceptors (Lipinski definition) is 3. The molecular weight excluding hydrogens is 411 g/mol. The minimum atomic E-state index is 0.299. The second-order valence-corrected chi connectivity index (χ2v) is 7.82. The summed E-state index contributed by atoms with van der Waals surface area (Å²) in [6.07, 6.45) is 2.25. The highest BCUT2D eigenvalue weighted by Crippen LogP contribution is 2.24. The van der Waals surface area contributed by atoms with Gasteiger partial charge in [0.25, 0.3) is 0 Å². The van der Waals surface area contributed by atoms with Crippen molar-refractivity contribution in [1.29, 1.82) is 0 Å². The summed E-state index contributed by atoms with van der Waals surface area (Å²) in [5, 5.41) is 7.70. The molecule has 0 radical (unpaired) electrons. The Labute approximate surface area is 182 Å². The Bertz CT molecular complexity index is 832. The zero-order valence-corrected chi connectivity index (χ0v) is 18.4. The second kappa shape index (κ2) is 10.9. The van der Waals surface area contributed by atoms with Crippen molar-refractivity contribution in [2.75, 3.05) is 20.3 Å². The Morgan fingerprint density at radius 1 is 1.17 bits per heavy atom. The molecule has 1 fully saturated rings. The van der Waals surface area contributed by atoms with Gasteiger partial charge in [0, 0.05) is 39.5 Å². The standard InChI is InChI=1S/C21H28Cl2N4O2/c1-24-21(26-13-17-11-19(22)20(23)27(17)2)25-12-15-4-3-5-16(10-15)14-29-18-6-8-28-9-7-18/h3-5,10-11,18H,6-9,12-14H2,1-2H3,(H2,24,25,26). The van der Waals surface area contributed by atoms with Gasteiger partial charge in [-0.2, -0.15) is 0 Å². The Morgan fingerprint density at radius 3 is 2.59 bits per heavy atom.